The predicted molar refractivity (Wildman–Crippen MR) is 75.2 cm³/mol. The van der Waals surface area contributed by atoms with Crippen molar-refractivity contribution in [1.29, 1.82) is 0 Å². The molecule has 2 aromatic rings. The summed E-state index contributed by atoms with van der Waals surface area (Å²) in [6.07, 6.45) is 1.44. The van der Waals surface area contributed by atoms with Gasteiger partial charge in [-0.05, 0) is 12.1 Å². The summed E-state index contributed by atoms with van der Waals surface area (Å²) in [6.45, 7) is 0.697. The predicted octanol–water partition coefficient (Wildman–Crippen LogP) is 1.83. The van der Waals surface area contributed by atoms with Crippen LogP contribution in [0.15, 0.2) is 46.3 Å². The molecule has 0 spiro atoms. The van der Waals surface area contributed by atoms with E-state index in [1.807, 2.05) is 0 Å². The summed E-state index contributed by atoms with van der Waals surface area (Å²) in [5, 5.41) is 4.15. The van der Waals surface area contributed by atoms with Crippen LogP contribution in [-0.4, -0.2) is 32.1 Å². The van der Waals surface area contributed by atoms with Gasteiger partial charge in [0, 0.05) is 23.0 Å². The second-order valence-electron chi connectivity index (χ2n) is 4.03. The van der Waals surface area contributed by atoms with Crippen LogP contribution in [0.25, 0.3) is 10.8 Å². The molecule has 0 unspecified atom stereocenters. The highest BCUT2D eigenvalue weighted by Gasteiger charge is 2.14. The van der Waals surface area contributed by atoms with Crippen LogP contribution in [0.3, 0.4) is 0 Å². The SMILES string of the molecule is O=C=NCCNc1cccc2c(S(=O)(=O)O)cccc12. The van der Waals surface area contributed by atoms with E-state index in [0.29, 0.717) is 23.0 Å². The lowest BCUT2D eigenvalue weighted by molar-refractivity contribution is 0.484. The standard InChI is InChI=1S/C13H12N2O4S/c16-9-14-7-8-15-12-5-1-4-11-10(12)3-2-6-13(11)20(17,18)19/h1-6,15H,7-8H2,(H,17,18,19). The Morgan fingerprint density at radius 3 is 2.55 bits per heavy atom. The van der Waals surface area contributed by atoms with Crippen LogP contribution in [0.5, 0.6) is 0 Å². The van der Waals surface area contributed by atoms with Gasteiger partial charge in [0.15, 0.2) is 0 Å². The van der Waals surface area contributed by atoms with E-state index in [2.05, 4.69) is 10.3 Å². The first-order valence-corrected chi connectivity index (χ1v) is 7.25. The molecule has 0 aliphatic heterocycles. The van der Waals surface area contributed by atoms with Gasteiger partial charge in [0.2, 0.25) is 6.08 Å². The highest BCUT2D eigenvalue weighted by atomic mass is 32.2. The summed E-state index contributed by atoms with van der Waals surface area (Å²) in [6, 6.07) is 9.73. The molecule has 0 radical (unpaired) electrons. The third-order valence-corrected chi connectivity index (χ3v) is 3.68. The fraction of sp³-hybridized carbons (Fsp3) is 0.154. The maximum atomic E-state index is 11.3. The summed E-state index contributed by atoms with van der Waals surface area (Å²) >= 11 is 0. The molecule has 0 aliphatic rings. The second kappa shape index (κ2) is 5.83. The van der Waals surface area contributed by atoms with Crippen molar-refractivity contribution in [3.05, 3.63) is 36.4 Å². The molecule has 0 heterocycles. The van der Waals surface area contributed by atoms with Crippen molar-refractivity contribution in [2.45, 2.75) is 4.90 Å². The molecule has 0 aliphatic carbocycles. The van der Waals surface area contributed by atoms with Gasteiger partial charge in [-0.15, -0.1) is 0 Å². The molecule has 0 bridgehead atoms. The number of isocyanates is 1. The van der Waals surface area contributed by atoms with Crippen molar-refractivity contribution < 1.29 is 17.8 Å². The molecule has 6 nitrogen and oxygen atoms in total. The first kappa shape index (κ1) is 14.2. The number of carbonyl (C=O) groups excluding carboxylic acids is 1. The van der Waals surface area contributed by atoms with E-state index >= 15 is 0 Å². The Hall–Kier alpha value is -2.21. The first-order valence-electron chi connectivity index (χ1n) is 5.81. The van der Waals surface area contributed by atoms with Gasteiger partial charge in [0.1, 0.15) is 4.90 Å². The Bertz CT molecular complexity index is 780. The second-order valence-corrected chi connectivity index (χ2v) is 5.42. The summed E-state index contributed by atoms with van der Waals surface area (Å²) in [5.74, 6) is 0. The lowest BCUT2D eigenvalue weighted by Crippen LogP contribution is -2.05. The quantitative estimate of drug-likeness (QED) is 0.379. The third kappa shape index (κ3) is 3.03. The maximum absolute atomic E-state index is 11.3. The number of anilines is 1. The smallest absolute Gasteiger partial charge is 0.295 e. The lowest BCUT2D eigenvalue weighted by Gasteiger charge is -2.10. The van der Waals surface area contributed by atoms with Crippen molar-refractivity contribution >= 4 is 32.7 Å². The van der Waals surface area contributed by atoms with Gasteiger partial charge in [-0.1, -0.05) is 24.3 Å². The van der Waals surface area contributed by atoms with Gasteiger partial charge in [0.25, 0.3) is 10.1 Å². The Labute approximate surface area is 115 Å². The minimum Gasteiger partial charge on any atom is -0.383 e. The number of fused-ring (bicyclic) bond motifs is 1. The number of nitrogens with zero attached hydrogens (tertiary/aromatic N) is 1. The molecule has 0 atom stereocenters. The molecule has 0 saturated carbocycles. The number of aliphatic imine (C=N–C) groups is 1. The molecule has 0 aromatic heterocycles. The van der Waals surface area contributed by atoms with E-state index in [0.717, 1.165) is 0 Å². The Morgan fingerprint density at radius 2 is 1.85 bits per heavy atom. The van der Waals surface area contributed by atoms with Crippen molar-refractivity contribution in [2.75, 3.05) is 18.4 Å². The van der Waals surface area contributed by atoms with Gasteiger partial charge in [-0.25, -0.2) is 9.79 Å². The number of nitrogens with one attached hydrogen (secondary N) is 1. The van der Waals surface area contributed by atoms with Crippen molar-refractivity contribution in [3.63, 3.8) is 0 Å². The van der Waals surface area contributed by atoms with Crippen LogP contribution in [0.1, 0.15) is 0 Å². The monoisotopic (exact) mass is 292 g/mol. The molecule has 0 fully saturated rings. The summed E-state index contributed by atoms with van der Waals surface area (Å²) in [5.41, 5.74) is 0.703. The molecule has 0 amide bonds. The first-order chi connectivity index (χ1) is 9.54. The zero-order valence-electron chi connectivity index (χ0n) is 10.4. The number of hydrogen-bond acceptors (Lipinski definition) is 5. The summed E-state index contributed by atoms with van der Waals surface area (Å²) < 4.78 is 31.9. The normalized spacial score (nSPS) is 11.1. The van der Waals surface area contributed by atoms with Crippen molar-refractivity contribution in [3.8, 4) is 0 Å². The minimum absolute atomic E-state index is 0.135. The average molecular weight is 292 g/mol. The Kier molecular flexibility index (Phi) is 4.14. The molecule has 2 aromatic carbocycles. The van der Waals surface area contributed by atoms with E-state index in [1.165, 1.54) is 12.1 Å². The number of rotatable bonds is 5. The fourth-order valence-corrected chi connectivity index (χ4v) is 2.66. The maximum Gasteiger partial charge on any atom is 0.295 e. The Morgan fingerprint density at radius 1 is 1.15 bits per heavy atom. The molecule has 0 saturated heterocycles. The van der Waals surface area contributed by atoms with E-state index in [-0.39, 0.29) is 11.4 Å². The van der Waals surface area contributed by atoms with Crippen LogP contribution in [0.4, 0.5) is 5.69 Å². The van der Waals surface area contributed by atoms with Gasteiger partial charge >= 0.3 is 0 Å². The van der Waals surface area contributed by atoms with Crippen LogP contribution < -0.4 is 5.32 Å². The van der Waals surface area contributed by atoms with Crippen molar-refractivity contribution in [2.24, 2.45) is 4.99 Å². The van der Waals surface area contributed by atoms with Crippen LogP contribution >= 0.6 is 0 Å². The number of hydrogen-bond donors (Lipinski definition) is 2. The highest BCUT2D eigenvalue weighted by molar-refractivity contribution is 7.86. The zero-order chi connectivity index (χ0) is 14.6. The summed E-state index contributed by atoms with van der Waals surface area (Å²) in [4.78, 5) is 13.3. The molecular formula is C13H12N2O4S. The Balaban J connectivity index is 2.46. The topological polar surface area (TPSA) is 95.8 Å². The molecule has 20 heavy (non-hydrogen) atoms. The van der Waals surface area contributed by atoms with Gasteiger partial charge in [-0.3, -0.25) is 4.55 Å². The van der Waals surface area contributed by atoms with E-state index in [1.54, 1.807) is 30.3 Å². The zero-order valence-corrected chi connectivity index (χ0v) is 11.2. The molecule has 104 valence electrons. The lowest BCUT2D eigenvalue weighted by atomic mass is 10.1. The number of benzene rings is 2. The van der Waals surface area contributed by atoms with Gasteiger partial charge in [-0.2, -0.15) is 8.42 Å². The van der Waals surface area contributed by atoms with Crippen molar-refractivity contribution in [1.82, 2.24) is 0 Å². The molecule has 2 rings (SSSR count). The average Bonchev–Trinajstić information content (AvgIpc) is 2.42. The molecular weight excluding hydrogens is 280 g/mol. The van der Waals surface area contributed by atoms with Crippen LogP contribution in [-0.2, 0) is 14.9 Å². The van der Waals surface area contributed by atoms with E-state index < -0.39 is 10.1 Å². The highest BCUT2D eigenvalue weighted by Crippen LogP contribution is 2.28. The van der Waals surface area contributed by atoms with Gasteiger partial charge < -0.3 is 5.32 Å². The summed E-state index contributed by atoms with van der Waals surface area (Å²) in [7, 11) is -4.27. The fourth-order valence-electron chi connectivity index (χ4n) is 1.95. The van der Waals surface area contributed by atoms with Crippen LogP contribution in [0.2, 0.25) is 0 Å². The van der Waals surface area contributed by atoms with Crippen LogP contribution in [0, 0.1) is 0 Å². The molecule has 2 N–H and O–H groups in total. The van der Waals surface area contributed by atoms with E-state index in [4.69, 9.17) is 0 Å². The largest absolute Gasteiger partial charge is 0.383 e. The third-order valence-electron chi connectivity index (χ3n) is 2.76. The minimum atomic E-state index is -4.27. The van der Waals surface area contributed by atoms with E-state index in [9.17, 15) is 17.8 Å². The molecule has 7 heteroatoms. The van der Waals surface area contributed by atoms with Gasteiger partial charge in [0.05, 0.1) is 6.54 Å².